The second kappa shape index (κ2) is 4.06. The van der Waals surface area contributed by atoms with Crippen molar-refractivity contribution in [3.05, 3.63) is 32.5 Å². The molecule has 0 amide bonds. The van der Waals surface area contributed by atoms with E-state index in [2.05, 4.69) is 4.98 Å². The van der Waals surface area contributed by atoms with Crippen LogP contribution in [0.2, 0.25) is 5.02 Å². The third-order valence-electron chi connectivity index (χ3n) is 2.08. The lowest BCUT2D eigenvalue weighted by molar-refractivity contribution is 0.0691. The van der Waals surface area contributed by atoms with E-state index in [1.54, 1.807) is 6.07 Å². The summed E-state index contributed by atoms with van der Waals surface area (Å²) in [5.41, 5.74) is 0.0812. The Morgan fingerprint density at radius 1 is 1.44 bits per heavy atom. The van der Waals surface area contributed by atoms with Gasteiger partial charge < -0.3 is 10.2 Å². The summed E-state index contributed by atoms with van der Waals surface area (Å²) in [6, 6.07) is 4.48. The predicted octanol–water partition coefficient (Wildman–Crippen LogP) is 2.90. The molecule has 1 heterocycles. The van der Waals surface area contributed by atoms with Crippen LogP contribution in [0.5, 0.6) is 5.75 Å². The molecule has 0 bridgehead atoms. The quantitative estimate of drug-likeness (QED) is 0.777. The maximum Gasteiger partial charge on any atom is 0.354 e. The van der Waals surface area contributed by atoms with Crippen LogP contribution in [-0.2, 0) is 0 Å². The standard InChI is InChI=1S/C10H5ClINO3/c11-5-3-6(12)9(14)8-4(5)1-2-7(13-8)10(15)16/h1-3,14H,(H,15,16). The maximum atomic E-state index is 10.7. The molecule has 0 aliphatic heterocycles. The molecule has 0 saturated carbocycles. The van der Waals surface area contributed by atoms with Crippen molar-refractivity contribution < 1.29 is 15.0 Å². The number of aromatic hydroxyl groups is 1. The monoisotopic (exact) mass is 349 g/mol. The van der Waals surface area contributed by atoms with Crippen LogP contribution < -0.4 is 0 Å². The van der Waals surface area contributed by atoms with Gasteiger partial charge in [-0.1, -0.05) is 11.6 Å². The zero-order valence-electron chi connectivity index (χ0n) is 7.74. The Labute approximate surface area is 109 Å². The number of carbonyl (C=O) groups is 1. The predicted molar refractivity (Wildman–Crippen MR) is 68.1 cm³/mol. The SMILES string of the molecule is O=C(O)c1ccc2c(Cl)cc(I)c(O)c2n1. The molecule has 0 aliphatic rings. The van der Waals surface area contributed by atoms with Gasteiger partial charge in [-0.15, -0.1) is 0 Å². The third kappa shape index (κ3) is 1.80. The van der Waals surface area contributed by atoms with Crippen LogP contribution in [0.3, 0.4) is 0 Å². The maximum absolute atomic E-state index is 10.7. The largest absolute Gasteiger partial charge is 0.505 e. The second-order valence-corrected chi connectivity index (χ2v) is 4.66. The number of rotatable bonds is 1. The topological polar surface area (TPSA) is 70.4 Å². The molecule has 1 aromatic carbocycles. The Bertz CT molecular complexity index is 600. The molecule has 4 nitrogen and oxygen atoms in total. The number of carboxylic acid groups (broad SMARTS) is 1. The van der Waals surface area contributed by atoms with Crippen LogP contribution in [0.4, 0.5) is 0 Å². The summed E-state index contributed by atoms with van der Waals surface area (Å²) in [6.45, 7) is 0. The van der Waals surface area contributed by atoms with Gasteiger partial charge in [-0.3, -0.25) is 0 Å². The van der Waals surface area contributed by atoms with Crippen molar-refractivity contribution in [3.63, 3.8) is 0 Å². The molecule has 2 aromatic rings. The highest BCUT2D eigenvalue weighted by atomic mass is 127. The molecule has 6 heteroatoms. The van der Waals surface area contributed by atoms with E-state index in [-0.39, 0.29) is 17.0 Å². The molecule has 0 spiro atoms. The highest BCUT2D eigenvalue weighted by Gasteiger charge is 2.13. The number of benzene rings is 1. The van der Waals surface area contributed by atoms with Crippen LogP contribution in [0.15, 0.2) is 18.2 Å². The fourth-order valence-corrected chi connectivity index (χ4v) is 2.33. The first-order valence-corrected chi connectivity index (χ1v) is 5.67. The molecular formula is C10H5ClINO3. The lowest BCUT2D eigenvalue weighted by Gasteiger charge is -2.05. The highest BCUT2D eigenvalue weighted by molar-refractivity contribution is 14.1. The van der Waals surface area contributed by atoms with Gasteiger partial charge in [0.2, 0.25) is 0 Å². The van der Waals surface area contributed by atoms with Gasteiger partial charge in [0.25, 0.3) is 0 Å². The van der Waals surface area contributed by atoms with Gasteiger partial charge in [-0.05, 0) is 40.8 Å². The van der Waals surface area contributed by atoms with E-state index in [0.29, 0.717) is 14.0 Å². The molecule has 0 aliphatic carbocycles. The van der Waals surface area contributed by atoms with E-state index in [0.717, 1.165) is 0 Å². The number of hydrogen-bond acceptors (Lipinski definition) is 3. The Morgan fingerprint density at radius 3 is 2.75 bits per heavy atom. The molecule has 2 rings (SSSR count). The van der Waals surface area contributed by atoms with Gasteiger partial charge in [0.1, 0.15) is 11.2 Å². The number of phenolic OH excluding ortho intramolecular Hbond substituents is 1. The van der Waals surface area contributed by atoms with Crippen molar-refractivity contribution in [2.45, 2.75) is 0 Å². The van der Waals surface area contributed by atoms with Crippen molar-refractivity contribution in [1.29, 1.82) is 0 Å². The van der Waals surface area contributed by atoms with E-state index in [1.807, 2.05) is 22.6 Å². The third-order valence-corrected chi connectivity index (χ3v) is 3.21. The number of carboxylic acids is 1. The average Bonchev–Trinajstić information content (AvgIpc) is 2.25. The second-order valence-electron chi connectivity index (χ2n) is 3.09. The highest BCUT2D eigenvalue weighted by Crippen LogP contribution is 2.33. The van der Waals surface area contributed by atoms with Gasteiger partial charge in [-0.25, -0.2) is 9.78 Å². The first-order chi connectivity index (χ1) is 7.50. The van der Waals surface area contributed by atoms with Crippen molar-refractivity contribution in [1.82, 2.24) is 4.98 Å². The molecule has 0 saturated heterocycles. The summed E-state index contributed by atoms with van der Waals surface area (Å²) in [7, 11) is 0. The number of hydrogen-bond donors (Lipinski definition) is 2. The summed E-state index contributed by atoms with van der Waals surface area (Å²) in [5, 5.41) is 19.5. The molecule has 0 unspecified atom stereocenters. The van der Waals surface area contributed by atoms with Crippen molar-refractivity contribution >= 4 is 51.1 Å². The smallest absolute Gasteiger partial charge is 0.354 e. The van der Waals surface area contributed by atoms with E-state index >= 15 is 0 Å². The number of halogens is 2. The van der Waals surface area contributed by atoms with Gasteiger partial charge in [0, 0.05) is 5.39 Å². The minimum Gasteiger partial charge on any atom is -0.505 e. The van der Waals surface area contributed by atoms with Crippen LogP contribution in [0, 0.1) is 3.57 Å². The van der Waals surface area contributed by atoms with E-state index < -0.39 is 5.97 Å². The first-order valence-electron chi connectivity index (χ1n) is 4.21. The molecule has 0 radical (unpaired) electrons. The molecule has 0 atom stereocenters. The van der Waals surface area contributed by atoms with Gasteiger partial charge in [0.15, 0.2) is 5.75 Å². The minimum absolute atomic E-state index is 0.0527. The number of aromatic nitrogens is 1. The van der Waals surface area contributed by atoms with E-state index in [1.165, 1.54) is 12.1 Å². The van der Waals surface area contributed by atoms with Crippen LogP contribution in [0.1, 0.15) is 10.5 Å². The molecule has 2 N–H and O–H groups in total. The van der Waals surface area contributed by atoms with Crippen LogP contribution in [0.25, 0.3) is 10.9 Å². The van der Waals surface area contributed by atoms with Gasteiger partial charge >= 0.3 is 5.97 Å². The Kier molecular flexibility index (Phi) is 2.90. The molecule has 16 heavy (non-hydrogen) atoms. The summed E-state index contributed by atoms with van der Waals surface area (Å²) in [4.78, 5) is 14.6. The van der Waals surface area contributed by atoms with Crippen molar-refractivity contribution in [3.8, 4) is 5.75 Å². The van der Waals surface area contributed by atoms with Gasteiger partial charge in [0.05, 0.1) is 8.59 Å². The van der Waals surface area contributed by atoms with Crippen molar-refractivity contribution in [2.24, 2.45) is 0 Å². The lowest BCUT2D eigenvalue weighted by Crippen LogP contribution is -2.00. The van der Waals surface area contributed by atoms with Gasteiger partial charge in [-0.2, -0.15) is 0 Å². The Balaban J connectivity index is 2.86. The summed E-state index contributed by atoms with van der Waals surface area (Å²) in [5.74, 6) is -1.20. The van der Waals surface area contributed by atoms with Crippen LogP contribution >= 0.6 is 34.2 Å². The average molecular weight is 350 g/mol. The number of pyridine rings is 1. The number of nitrogens with zero attached hydrogens (tertiary/aromatic N) is 1. The fourth-order valence-electron chi connectivity index (χ4n) is 1.32. The van der Waals surface area contributed by atoms with Crippen LogP contribution in [-0.4, -0.2) is 21.2 Å². The molecule has 1 aromatic heterocycles. The summed E-state index contributed by atoms with van der Waals surface area (Å²) < 4.78 is 0.533. The lowest BCUT2D eigenvalue weighted by atomic mass is 10.2. The molecule has 82 valence electrons. The van der Waals surface area contributed by atoms with Crippen molar-refractivity contribution in [2.75, 3.05) is 0 Å². The summed E-state index contributed by atoms with van der Waals surface area (Å²) >= 11 is 7.87. The molecular weight excluding hydrogens is 344 g/mol. The fraction of sp³-hybridized carbons (Fsp3) is 0. The zero-order chi connectivity index (χ0) is 11.9. The minimum atomic E-state index is -1.14. The first kappa shape index (κ1) is 11.4. The molecule has 0 fully saturated rings. The normalized spacial score (nSPS) is 10.6. The number of fused-ring (bicyclic) bond motifs is 1. The van der Waals surface area contributed by atoms with E-state index in [4.69, 9.17) is 16.7 Å². The number of aromatic carboxylic acids is 1. The zero-order valence-corrected chi connectivity index (χ0v) is 10.7. The summed E-state index contributed by atoms with van der Waals surface area (Å²) in [6.07, 6.45) is 0. The Morgan fingerprint density at radius 2 is 2.12 bits per heavy atom. The van der Waals surface area contributed by atoms with E-state index in [9.17, 15) is 9.90 Å². The Hall–Kier alpha value is -1.08. The number of phenols is 1.